The number of piperazine rings is 1. The monoisotopic (exact) mass is 206 g/mol. The van der Waals surface area contributed by atoms with Crippen LogP contribution in [-0.2, 0) is 6.54 Å². The van der Waals surface area contributed by atoms with E-state index < -0.39 is 0 Å². The number of hydrogen-bond acceptors (Lipinski definition) is 4. The number of nitrogens with zero attached hydrogens (tertiary/aromatic N) is 3. The molecule has 1 N–H and O–H groups in total. The lowest BCUT2D eigenvalue weighted by atomic mass is 10.1. The van der Waals surface area contributed by atoms with E-state index in [1.807, 2.05) is 6.20 Å². The van der Waals surface area contributed by atoms with Crippen LogP contribution in [0.25, 0.3) is 0 Å². The van der Waals surface area contributed by atoms with Gasteiger partial charge in [0, 0.05) is 50.3 Å². The molecule has 0 radical (unpaired) electrons. The molecule has 2 heterocycles. The van der Waals surface area contributed by atoms with Crippen LogP contribution in [0.3, 0.4) is 0 Å². The third kappa shape index (κ3) is 2.52. The number of nitrogens with one attached hydrogen (secondary N) is 1. The molecule has 1 aliphatic rings. The molecule has 0 amide bonds. The molecule has 1 saturated heterocycles. The summed E-state index contributed by atoms with van der Waals surface area (Å²) < 4.78 is 0. The van der Waals surface area contributed by atoms with Crippen LogP contribution < -0.4 is 5.32 Å². The Labute approximate surface area is 90.7 Å². The van der Waals surface area contributed by atoms with Gasteiger partial charge in [0.1, 0.15) is 0 Å². The first-order chi connectivity index (χ1) is 7.27. The van der Waals surface area contributed by atoms with Crippen molar-refractivity contribution in [3.63, 3.8) is 0 Å². The second kappa shape index (κ2) is 4.68. The number of hydrogen-bond donors (Lipinski definition) is 1. The summed E-state index contributed by atoms with van der Waals surface area (Å²) in [7, 11) is 0. The standard InChI is InChI=1S/C11H18N4/c1-9-5-13-6-10(2)15(9)8-11-7-12-3-4-14-11/h3-4,7,9-10,13H,5-6,8H2,1-2H3. The Balaban J connectivity index is 2.03. The highest BCUT2D eigenvalue weighted by atomic mass is 15.2. The summed E-state index contributed by atoms with van der Waals surface area (Å²) in [4.78, 5) is 10.9. The van der Waals surface area contributed by atoms with Crippen LogP contribution in [0.1, 0.15) is 19.5 Å². The second-order valence-corrected chi connectivity index (χ2v) is 4.23. The van der Waals surface area contributed by atoms with E-state index in [1.165, 1.54) is 0 Å². The molecular formula is C11H18N4. The van der Waals surface area contributed by atoms with E-state index in [1.54, 1.807) is 12.4 Å². The van der Waals surface area contributed by atoms with Gasteiger partial charge in [-0.1, -0.05) is 0 Å². The van der Waals surface area contributed by atoms with E-state index in [2.05, 4.69) is 34.0 Å². The second-order valence-electron chi connectivity index (χ2n) is 4.23. The minimum atomic E-state index is 0.566. The Morgan fingerprint density at radius 3 is 2.67 bits per heavy atom. The number of rotatable bonds is 2. The summed E-state index contributed by atoms with van der Waals surface area (Å²) in [5, 5.41) is 3.42. The summed E-state index contributed by atoms with van der Waals surface area (Å²) in [6.07, 6.45) is 5.32. The summed E-state index contributed by atoms with van der Waals surface area (Å²) >= 11 is 0. The zero-order valence-electron chi connectivity index (χ0n) is 9.35. The topological polar surface area (TPSA) is 41.0 Å². The first kappa shape index (κ1) is 10.5. The molecule has 15 heavy (non-hydrogen) atoms. The molecule has 1 aliphatic heterocycles. The highest BCUT2D eigenvalue weighted by Gasteiger charge is 2.24. The maximum Gasteiger partial charge on any atom is 0.0727 e. The summed E-state index contributed by atoms with van der Waals surface area (Å²) in [5.74, 6) is 0. The van der Waals surface area contributed by atoms with E-state index in [0.29, 0.717) is 12.1 Å². The Hall–Kier alpha value is -1.00. The highest BCUT2D eigenvalue weighted by molar-refractivity contribution is 4.97. The fourth-order valence-corrected chi connectivity index (χ4v) is 2.08. The largest absolute Gasteiger partial charge is 0.314 e. The molecule has 2 atom stereocenters. The minimum absolute atomic E-state index is 0.566. The fourth-order valence-electron chi connectivity index (χ4n) is 2.08. The van der Waals surface area contributed by atoms with Crippen molar-refractivity contribution >= 4 is 0 Å². The highest BCUT2D eigenvalue weighted by Crippen LogP contribution is 2.12. The lowest BCUT2D eigenvalue weighted by Crippen LogP contribution is -2.54. The normalized spacial score (nSPS) is 27.9. The smallest absolute Gasteiger partial charge is 0.0727 e. The average molecular weight is 206 g/mol. The van der Waals surface area contributed by atoms with Gasteiger partial charge in [-0.2, -0.15) is 0 Å². The van der Waals surface area contributed by atoms with E-state index in [9.17, 15) is 0 Å². The van der Waals surface area contributed by atoms with Gasteiger partial charge in [0.2, 0.25) is 0 Å². The van der Waals surface area contributed by atoms with E-state index in [-0.39, 0.29) is 0 Å². The first-order valence-corrected chi connectivity index (χ1v) is 5.48. The van der Waals surface area contributed by atoms with Crippen molar-refractivity contribution in [2.45, 2.75) is 32.5 Å². The third-order valence-corrected chi connectivity index (χ3v) is 2.97. The van der Waals surface area contributed by atoms with E-state index >= 15 is 0 Å². The molecule has 4 nitrogen and oxygen atoms in total. The summed E-state index contributed by atoms with van der Waals surface area (Å²) in [5.41, 5.74) is 1.05. The third-order valence-electron chi connectivity index (χ3n) is 2.97. The van der Waals surface area contributed by atoms with Crippen LogP contribution in [0.4, 0.5) is 0 Å². The van der Waals surface area contributed by atoms with E-state index in [4.69, 9.17) is 0 Å². The van der Waals surface area contributed by atoms with Crippen molar-refractivity contribution in [3.05, 3.63) is 24.3 Å². The fraction of sp³-hybridized carbons (Fsp3) is 0.636. The molecule has 0 aliphatic carbocycles. The van der Waals surface area contributed by atoms with Crippen molar-refractivity contribution in [2.75, 3.05) is 13.1 Å². The van der Waals surface area contributed by atoms with Crippen molar-refractivity contribution in [3.8, 4) is 0 Å². The molecule has 0 spiro atoms. The molecule has 2 rings (SSSR count). The zero-order chi connectivity index (χ0) is 10.7. The van der Waals surface area contributed by atoms with Crippen LogP contribution in [0.5, 0.6) is 0 Å². The van der Waals surface area contributed by atoms with Crippen LogP contribution >= 0.6 is 0 Å². The van der Waals surface area contributed by atoms with Crippen LogP contribution in [-0.4, -0.2) is 40.0 Å². The Morgan fingerprint density at radius 1 is 1.33 bits per heavy atom. The van der Waals surface area contributed by atoms with Gasteiger partial charge < -0.3 is 5.32 Å². The van der Waals surface area contributed by atoms with Gasteiger partial charge in [0.25, 0.3) is 0 Å². The van der Waals surface area contributed by atoms with Crippen LogP contribution in [0.2, 0.25) is 0 Å². The van der Waals surface area contributed by atoms with Gasteiger partial charge in [-0.15, -0.1) is 0 Å². The van der Waals surface area contributed by atoms with Crippen molar-refractivity contribution in [1.82, 2.24) is 20.2 Å². The van der Waals surface area contributed by atoms with Crippen molar-refractivity contribution in [2.24, 2.45) is 0 Å². The van der Waals surface area contributed by atoms with Gasteiger partial charge in [0.05, 0.1) is 5.69 Å². The Bertz CT molecular complexity index is 291. The Kier molecular flexibility index (Phi) is 3.28. The van der Waals surface area contributed by atoms with Gasteiger partial charge in [-0.05, 0) is 13.8 Å². The number of aromatic nitrogens is 2. The first-order valence-electron chi connectivity index (χ1n) is 5.48. The lowest BCUT2D eigenvalue weighted by Gasteiger charge is -2.39. The zero-order valence-corrected chi connectivity index (χ0v) is 9.35. The lowest BCUT2D eigenvalue weighted by molar-refractivity contribution is 0.107. The molecule has 82 valence electrons. The molecule has 4 heteroatoms. The molecule has 0 bridgehead atoms. The molecular weight excluding hydrogens is 188 g/mol. The van der Waals surface area contributed by atoms with Gasteiger partial charge in [0.15, 0.2) is 0 Å². The molecule has 1 aromatic rings. The molecule has 0 aromatic carbocycles. The quantitative estimate of drug-likeness (QED) is 0.771. The maximum absolute atomic E-state index is 4.32. The summed E-state index contributed by atoms with van der Waals surface area (Å²) in [6, 6.07) is 1.13. The predicted molar refractivity (Wildman–Crippen MR) is 59.4 cm³/mol. The van der Waals surface area contributed by atoms with E-state index in [0.717, 1.165) is 25.3 Å². The molecule has 1 aromatic heterocycles. The minimum Gasteiger partial charge on any atom is -0.314 e. The maximum atomic E-state index is 4.32. The molecule has 0 saturated carbocycles. The van der Waals surface area contributed by atoms with Crippen molar-refractivity contribution in [1.29, 1.82) is 0 Å². The average Bonchev–Trinajstić information content (AvgIpc) is 2.25. The Morgan fingerprint density at radius 2 is 2.07 bits per heavy atom. The van der Waals surface area contributed by atoms with Crippen LogP contribution in [0.15, 0.2) is 18.6 Å². The van der Waals surface area contributed by atoms with Crippen molar-refractivity contribution < 1.29 is 0 Å². The molecule has 2 unspecified atom stereocenters. The van der Waals surface area contributed by atoms with Gasteiger partial charge in [-0.3, -0.25) is 14.9 Å². The SMILES string of the molecule is CC1CNCC(C)N1Cc1cnccn1. The predicted octanol–water partition coefficient (Wildman–Crippen LogP) is 0.659. The van der Waals surface area contributed by atoms with Crippen LogP contribution in [0, 0.1) is 0 Å². The van der Waals surface area contributed by atoms with Gasteiger partial charge >= 0.3 is 0 Å². The summed E-state index contributed by atoms with van der Waals surface area (Å²) in [6.45, 7) is 7.52. The molecule has 1 fully saturated rings. The van der Waals surface area contributed by atoms with Gasteiger partial charge in [-0.25, -0.2) is 0 Å².